The lowest BCUT2D eigenvalue weighted by molar-refractivity contribution is 0.00637. The van der Waals surface area contributed by atoms with Gasteiger partial charge in [0.15, 0.2) is 16.1 Å². The fourth-order valence-electron chi connectivity index (χ4n) is 4.99. The number of hydrogen-bond donors (Lipinski definition) is 0. The van der Waals surface area contributed by atoms with E-state index in [9.17, 15) is 9.18 Å². The molecule has 172 valence electrons. The predicted molar refractivity (Wildman–Crippen MR) is 120 cm³/mol. The zero-order valence-corrected chi connectivity index (χ0v) is 20.0. The van der Waals surface area contributed by atoms with Crippen molar-refractivity contribution in [1.82, 2.24) is 19.9 Å². The maximum Gasteiger partial charge on any atom is 0.410 e. The molecule has 0 N–H and O–H groups in total. The molecule has 3 aliphatic rings. The number of carbonyl (C=O) groups excluding carboxylic acids is 1. The summed E-state index contributed by atoms with van der Waals surface area (Å²) < 4.78 is 26.6. The van der Waals surface area contributed by atoms with Crippen LogP contribution in [0.2, 0.25) is 5.15 Å². The third-order valence-corrected chi connectivity index (χ3v) is 6.98. The van der Waals surface area contributed by atoms with Gasteiger partial charge in [0.1, 0.15) is 22.3 Å². The van der Waals surface area contributed by atoms with Crippen LogP contribution < -0.4 is 9.64 Å². The molecule has 0 aliphatic carbocycles. The molecule has 5 rings (SSSR count). The van der Waals surface area contributed by atoms with Gasteiger partial charge in [-0.2, -0.15) is 4.98 Å². The molecule has 0 aromatic carbocycles. The Morgan fingerprint density at radius 1 is 1.22 bits per heavy atom. The number of fused-ring (bicyclic) bond motifs is 5. The molecule has 5 heterocycles. The van der Waals surface area contributed by atoms with Gasteiger partial charge in [0.2, 0.25) is 5.88 Å². The van der Waals surface area contributed by atoms with E-state index in [1.807, 2.05) is 31.9 Å². The molecule has 3 aliphatic heterocycles. The van der Waals surface area contributed by atoms with Crippen LogP contribution in [-0.2, 0) is 4.74 Å². The SMILES string of the molecule is CSc1nc2c3c(nc(Cl)c(F)c3n1)OCCC1[C@@H]3CC[C@H](CN21)N3C(=O)OC(C)(C)C. The van der Waals surface area contributed by atoms with Crippen LogP contribution in [0, 0.1) is 5.82 Å². The van der Waals surface area contributed by atoms with E-state index in [1.165, 1.54) is 11.8 Å². The quantitative estimate of drug-likeness (QED) is 0.339. The number of carbonyl (C=O) groups is 1. The van der Waals surface area contributed by atoms with Crippen molar-refractivity contribution in [3.63, 3.8) is 0 Å². The molecule has 0 saturated carbocycles. The summed E-state index contributed by atoms with van der Waals surface area (Å²) in [5.74, 6) is 0.151. The molecule has 3 atom stereocenters. The highest BCUT2D eigenvalue weighted by Crippen LogP contribution is 2.44. The lowest BCUT2D eigenvalue weighted by Crippen LogP contribution is -2.62. The highest BCUT2D eigenvalue weighted by atomic mass is 35.5. The molecule has 2 aromatic rings. The van der Waals surface area contributed by atoms with Crippen molar-refractivity contribution in [2.45, 2.75) is 68.9 Å². The average Bonchev–Trinajstić information content (AvgIpc) is 3.05. The predicted octanol–water partition coefficient (Wildman–Crippen LogP) is 4.28. The molecule has 2 fully saturated rings. The van der Waals surface area contributed by atoms with Crippen LogP contribution in [0.3, 0.4) is 0 Å². The second kappa shape index (κ2) is 7.76. The maximum atomic E-state index is 14.9. The van der Waals surface area contributed by atoms with Gasteiger partial charge in [0.25, 0.3) is 0 Å². The van der Waals surface area contributed by atoms with E-state index in [4.69, 9.17) is 26.1 Å². The van der Waals surface area contributed by atoms with Crippen molar-refractivity contribution in [3.8, 4) is 5.88 Å². The topological polar surface area (TPSA) is 80.7 Å². The summed E-state index contributed by atoms with van der Waals surface area (Å²) in [6.45, 7) is 6.55. The minimum Gasteiger partial charge on any atom is -0.477 e. The number of hydrogen-bond acceptors (Lipinski definition) is 8. The Morgan fingerprint density at radius 2 is 2.00 bits per heavy atom. The van der Waals surface area contributed by atoms with E-state index in [-0.39, 0.29) is 40.8 Å². The van der Waals surface area contributed by atoms with Crippen LogP contribution in [0.4, 0.5) is 15.0 Å². The van der Waals surface area contributed by atoms with Gasteiger partial charge >= 0.3 is 6.09 Å². The van der Waals surface area contributed by atoms with Crippen molar-refractivity contribution in [2.75, 3.05) is 24.3 Å². The van der Waals surface area contributed by atoms with E-state index in [0.29, 0.717) is 35.9 Å². The molecule has 1 amide bonds. The van der Waals surface area contributed by atoms with Crippen molar-refractivity contribution >= 4 is 46.2 Å². The van der Waals surface area contributed by atoms with Gasteiger partial charge in [-0.1, -0.05) is 23.4 Å². The van der Waals surface area contributed by atoms with Crippen LogP contribution in [0.15, 0.2) is 5.16 Å². The van der Waals surface area contributed by atoms with Crippen LogP contribution in [0.5, 0.6) is 5.88 Å². The minimum absolute atomic E-state index is 0.0113. The van der Waals surface area contributed by atoms with Gasteiger partial charge in [-0.3, -0.25) is 4.90 Å². The van der Waals surface area contributed by atoms with E-state index in [2.05, 4.69) is 14.9 Å². The molecule has 1 unspecified atom stereocenters. The molecule has 8 nitrogen and oxygen atoms in total. The molecular weight excluding hydrogens is 457 g/mol. The smallest absolute Gasteiger partial charge is 0.410 e. The Morgan fingerprint density at radius 3 is 2.72 bits per heavy atom. The Balaban J connectivity index is 1.62. The molecule has 0 radical (unpaired) electrons. The summed E-state index contributed by atoms with van der Waals surface area (Å²) in [5.41, 5.74) is -0.456. The Bertz CT molecular complexity index is 1100. The van der Waals surface area contributed by atoms with Crippen LogP contribution in [0.25, 0.3) is 10.9 Å². The molecule has 11 heteroatoms. The average molecular weight is 482 g/mol. The molecular formula is C21H25ClFN5O3S. The summed E-state index contributed by atoms with van der Waals surface area (Å²) in [5, 5.41) is 0.608. The highest BCUT2D eigenvalue weighted by Gasteiger charge is 2.50. The van der Waals surface area contributed by atoms with E-state index >= 15 is 0 Å². The zero-order chi connectivity index (χ0) is 22.8. The number of halogens is 2. The molecule has 32 heavy (non-hydrogen) atoms. The number of anilines is 1. The van der Waals surface area contributed by atoms with Crippen LogP contribution in [0.1, 0.15) is 40.0 Å². The van der Waals surface area contributed by atoms with Crippen molar-refractivity contribution in [1.29, 1.82) is 0 Å². The Hall–Kier alpha value is -2.07. The van der Waals surface area contributed by atoms with Crippen molar-refractivity contribution < 1.29 is 18.7 Å². The first-order valence-electron chi connectivity index (χ1n) is 10.7. The zero-order valence-electron chi connectivity index (χ0n) is 18.4. The summed E-state index contributed by atoms with van der Waals surface area (Å²) in [7, 11) is 0. The molecule has 0 spiro atoms. The Labute approximate surface area is 194 Å². The van der Waals surface area contributed by atoms with E-state index < -0.39 is 11.4 Å². The number of aromatic nitrogens is 3. The third kappa shape index (κ3) is 3.51. The number of thioether (sulfide) groups is 1. The lowest BCUT2D eigenvalue weighted by Gasteiger charge is -2.48. The van der Waals surface area contributed by atoms with Gasteiger partial charge in [-0.25, -0.2) is 19.2 Å². The maximum absolute atomic E-state index is 14.9. The van der Waals surface area contributed by atoms with Gasteiger partial charge < -0.3 is 14.4 Å². The highest BCUT2D eigenvalue weighted by molar-refractivity contribution is 7.98. The number of nitrogens with zero attached hydrogens (tertiary/aromatic N) is 5. The molecule has 2 saturated heterocycles. The lowest BCUT2D eigenvalue weighted by atomic mass is 9.99. The van der Waals surface area contributed by atoms with Crippen LogP contribution in [-0.4, -0.2) is 69.1 Å². The third-order valence-electron chi connectivity index (χ3n) is 6.18. The Kier molecular flexibility index (Phi) is 5.28. The monoisotopic (exact) mass is 481 g/mol. The van der Waals surface area contributed by atoms with Gasteiger partial charge in [0.05, 0.1) is 24.7 Å². The number of piperazine rings is 1. The fourth-order valence-corrected chi connectivity index (χ4v) is 5.51. The van der Waals surface area contributed by atoms with Crippen LogP contribution >= 0.6 is 23.4 Å². The number of ether oxygens (including phenoxy) is 2. The second-order valence-corrected chi connectivity index (χ2v) is 10.5. The van der Waals surface area contributed by atoms with Gasteiger partial charge in [0, 0.05) is 13.0 Å². The first kappa shape index (κ1) is 21.8. The van der Waals surface area contributed by atoms with Crippen molar-refractivity contribution in [3.05, 3.63) is 11.0 Å². The summed E-state index contributed by atoms with van der Waals surface area (Å²) in [6.07, 6.45) is 3.96. The molecule has 2 bridgehead atoms. The van der Waals surface area contributed by atoms with Gasteiger partial charge in [-0.15, -0.1) is 0 Å². The summed E-state index contributed by atoms with van der Waals surface area (Å²) in [6, 6.07) is -0.0923. The number of rotatable bonds is 1. The first-order valence-corrected chi connectivity index (χ1v) is 12.3. The van der Waals surface area contributed by atoms with Gasteiger partial charge in [-0.05, 0) is 39.9 Å². The standard InChI is InChI=1S/C21H25ClFN5O3S/c1-21(2,3)31-20(29)28-10-5-6-12(28)11-7-8-30-18-13-15(14(23)16(22)25-18)24-19(32-4)26-17(13)27(11)9-10/h10-12H,5-9H2,1-4H3/t10-,11?,12+/m1/s1. The minimum atomic E-state index is -0.680. The largest absolute Gasteiger partial charge is 0.477 e. The summed E-state index contributed by atoms with van der Waals surface area (Å²) in [4.78, 5) is 30.4. The summed E-state index contributed by atoms with van der Waals surface area (Å²) >= 11 is 7.37. The van der Waals surface area contributed by atoms with E-state index in [1.54, 1.807) is 0 Å². The second-order valence-electron chi connectivity index (χ2n) is 9.32. The van der Waals surface area contributed by atoms with Crippen molar-refractivity contribution in [2.24, 2.45) is 0 Å². The normalized spacial score (nSPS) is 24.6. The fraction of sp³-hybridized carbons (Fsp3) is 0.619. The first-order chi connectivity index (χ1) is 15.2. The molecule has 2 aromatic heterocycles. The van der Waals surface area contributed by atoms with E-state index in [0.717, 1.165) is 12.8 Å². The number of amides is 1. The number of pyridine rings is 1.